The molecule has 0 spiro atoms. The maximum absolute atomic E-state index is 12.6. The molecule has 1 heterocycles. The van der Waals surface area contributed by atoms with Gasteiger partial charge < -0.3 is 5.32 Å². The molecule has 0 radical (unpaired) electrons. The van der Waals surface area contributed by atoms with Crippen LogP contribution in [-0.2, 0) is 16.6 Å². The van der Waals surface area contributed by atoms with Gasteiger partial charge in [-0.25, -0.2) is 12.7 Å². The van der Waals surface area contributed by atoms with E-state index in [0.717, 1.165) is 22.8 Å². The number of hydrogen-bond acceptors (Lipinski definition) is 4. The lowest BCUT2D eigenvalue weighted by molar-refractivity contribution is 0.311. The first-order valence-electron chi connectivity index (χ1n) is 6.84. The zero-order valence-corrected chi connectivity index (χ0v) is 14.9. The van der Waals surface area contributed by atoms with Crippen LogP contribution in [0.1, 0.15) is 37.4 Å². The molecule has 1 N–H and O–H groups in total. The molecule has 116 valence electrons. The minimum absolute atomic E-state index is 0.0572. The summed E-state index contributed by atoms with van der Waals surface area (Å²) < 4.78 is 26.7. The van der Waals surface area contributed by atoms with E-state index in [1.807, 2.05) is 34.6 Å². The van der Waals surface area contributed by atoms with Gasteiger partial charge in [-0.3, -0.25) is 0 Å². The third-order valence-electron chi connectivity index (χ3n) is 2.86. The summed E-state index contributed by atoms with van der Waals surface area (Å²) in [4.78, 5) is 2.37. The summed E-state index contributed by atoms with van der Waals surface area (Å²) in [5.74, 6) is 0. The summed E-state index contributed by atoms with van der Waals surface area (Å²) in [6.45, 7) is 12.1. The first kappa shape index (κ1) is 17.6. The highest BCUT2D eigenvalue weighted by atomic mass is 32.2. The van der Waals surface area contributed by atoms with E-state index in [1.54, 1.807) is 24.5 Å². The Morgan fingerprint density at radius 3 is 2.45 bits per heavy atom. The first-order valence-corrected chi connectivity index (χ1v) is 9.10. The highest BCUT2D eigenvalue weighted by Crippen LogP contribution is 2.29. The molecule has 0 aliphatic heterocycles. The minimum Gasteiger partial charge on any atom is -0.312 e. The Morgan fingerprint density at radius 1 is 1.35 bits per heavy atom. The quantitative estimate of drug-likeness (QED) is 0.877. The second kappa shape index (κ2) is 6.56. The van der Waals surface area contributed by atoms with Crippen molar-refractivity contribution < 1.29 is 8.42 Å². The van der Waals surface area contributed by atoms with Gasteiger partial charge >= 0.3 is 0 Å². The SMILES string of the molecule is CCNCc1cc(S(=O)(=O)N(C)CC(C)(C)C)c(C)s1. The molecule has 0 aliphatic rings. The molecule has 1 aromatic heterocycles. The van der Waals surface area contributed by atoms with Gasteiger partial charge in [-0.05, 0) is 24.9 Å². The van der Waals surface area contributed by atoms with E-state index < -0.39 is 10.0 Å². The number of rotatable bonds is 6. The van der Waals surface area contributed by atoms with Crippen LogP contribution in [0.4, 0.5) is 0 Å². The van der Waals surface area contributed by atoms with Gasteiger partial charge in [0.15, 0.2) is 0 Å². The molecule has 0 unspecified atom stereocenters. The lowest BCUT2D eigenvalue weighted by Gasteiger charge is -2.26. The number of nitrogens with one attached hydrogen (secondary N) is 1. The molecule has 1 aromatic rings. The van der Waals surface area contributed by atoms with Crippen LogP contribution >= 0.6 is 11.3 Å². The fourth-order valence-electron chi connectivity index (χ4n) is 2.04. The maximum atomic E-state index is 12.6. The fraction of sp³-hybridized carbons (Fsp3) is 0.714. The maximum Gasteiger partial charge on any atom is 0.243 e. The van der Waals surface area contributed by atoms with Crippen molar-refractivity contribution in [1.29, 1.82) is 0 Å². The highest BCUT2D eigenvalue weighted by Gasteiger charge is 2.27. The van der Waals surface area contributed by atoms with Gasteiger partial charge in [0.05, 0.1) is 4.90 Å². The summed E-state index contributed by atoms with van der Waals surface area (Å²) in [5, 5.41) is 3.23. The monoisotopic (exact) mass is 318 g/mol. The van der Waals surface area contributed by atoms with Crippen LogP contribution in [0.5, 0.6) is 0 Å². The largest absolute Gasteiger partial charge is 0.312 e. The van der Waals surface area contributed by atoms with E-state index in [4.69, 9.17) is 0 Å². The average Bonchev–Trinajstić information content (AvgIpc) is 2.66. The number of sulfonamides is 1. The van der Waals surface area contributed by atoms with Gasteiger partial charge in [0, 0.05) is 29.9 Å². The number of thiophene rings is 1. The van der Waals surface area contributed by atoms with Crippen molar-refractivity contribution in [1.82, 2.24) is 9.62 Å². The normalized spacial score (nSPS) is 13.2. The predicted octanol–water partition coefficient (Wildman–Crippen LogP) is 2.83. The lowest BCUT2D eigenvalue weighted by atomic mass is 9.97. The smallest absolute Gasteiger partial charge is 0.243 e. The van der Waals surface area contributed by atoms with Gasteiger partial charge in [-0.15, -0.1) is 11.3 Å². The lowest BCUT2D eigenvalue weighted by Crippen LogP contribution is -2.34. The topological polar surface area (TPSA) is 49.4 Å². The van der Waals surface area contributed by atoms with E-state index in [-0.39, 0.29) is 5.41 Å². The summed E-state index contributed by atoms with van der Waals surface area (Å²) in [6, 6.07) is 1.80. The number of nitrogens with zero attached hydrogens (tertiary/aromatic N) is 1. The standard InChI is InChI=1S/C14H26N2O2S2/c1-7-15-9-12-8-13(11(2)19-12)20(17,18)16(6)10-14(3,4)5/h8,15H,7,9-10H2,1-6H3. The zero-order valence-electron chi connectivity index (χ0n) is 13.3. The van der Waals surface area contributed by atoms with Crippen molar-refractivity contribution in [3.05, 3.63) is 15.8 Å². The zero-order chi connectivity index (χ0) is 15.6. The van der Waals surface area contributed by atoms with Crippen LogP contribution in [0.2, 0.25) is 0 Å². The number of hydrogen-bond donors (Lipinski definition) is 1. The summed E-state index contributed by atoms with van der Waals surface area (Å²) in [5.41, 5.74) is -0.0572. The summed E-state index contributed by atoms with van der Waals surface area (Å²) in [7, 11) is -1.74. The van der Waals surface area contributed by atoms with Gasteiger partial charge in [-0.2, -0.15) is 0 Å². The minimum atomic E-state index is -3.39. The Labute approximate surface area is 127 Å². The van der Waals surface area contributed by atoms with Crippen LogP contribution in [-0.4, -0.2) is 32.9 Å². The highest BCUT2D eigenvalue weighted by molar-refractivity contribution is 7.89. The van der Waals surface area contributed by atoms with Crippen molar-refractivity contribution in [2.24, 2.45) is 5.41 Å². The molecule has 0 fully saturated rings. The summed E-state index contributed by atoms with van der Waals surface area (Å²) in [6.07, 6.45) is 0. The Morgan fingerprint density at radius 2 is 1.95 bits per heavy atom. The molecule has 0 bridgehead atoms. The van der Waals surface area contributed by atoms with Gasteiger partial charge in [0.1, 0.15) is 0 Å². The van der Waals surface area contributed by atoms with Crippen LogP contribution in [0.15, 0.2) is 11.0 Å². The van der Waals surface area contributed by atoms with Crippen molar-refractivity contribution in [2.75, 3.05) is 20.1 Å². The Bertz CT molecular complexity index is 542. The van der Waals surface area contributed by atoms with Crippen molar-refractivity contribution in [2.45, 2.75) is 46.1 Å². The van der Waals surface area contributed by atoms with Gasteiger partial charge in [0.2, 0.25) is 10.0 Å². The Balaban J connectivity index is 3.00. The molecule has 1 rings (SSSR count). The third kappa shape index (κ3) is 4.55. The van der Waals surface area contributed by atoms with Crippen LogP contribution in [0, 0.1) is 12.3 Å². The average molecular weight is 319 g/mol. The molecule has 6 heteroatoms. The van der Waals surface area contributed by atoms with Crippen LogP contribution in [0.25, 0.3) is 0 Å². The fourth-order valence-corrected chi connectivity index (χ4v) is 5.00. The molecule has 0 atom stereocenters. The van der Waals surface area contributed by atoms with E-state index in [9.17, 15) is 8.42 Å². The van der Waals surface area contributed by atoms with Crippen molar-refractivity contribution in [3.8, 4) is 0 Å². The van der Waals surface area contributed by atoms with E-state index in [1.165, 1.54) is 4.31 Å². The second-order valence-corrected chi connectivity index (χ2v) is 9.59. The Hall–Kier alpha value is -0.430. The van der Waals surface area contributed by atoms with Crippen LogP contribution < -0.4 is 5.32 Å². The van der Waals surface area contributed by atoms with E-state index in [2.05, 4.69) is 5.32 Å². The van der Waals surface area contributed by atoms with Gasteiger partial charge in [0.25, 0.3) is 0 Å². The molecular weight excluding hydrogens is 292 g/mol. The van der Waals surface area contributed by atoms with Crippen molar-refractivity contribution >= 4 is 21.4 Å². The predicted molar refractivity (Wildman–Crippen MR) is 85.7 cm³/mol. The van der Waals surface area contributed by atoms with E-state index >= 15 is 0 Å². The molecular formula is C14H26N2O2S2. The Kier molecular flexibility index (Phi) is 5.78. The molecule has 0 aromatic carbocycles. The number of aryl methyl sites for hydroxylation is 1. The first-order chi connectivity index (χ1) is 9.08. The molecule has 0 aliphatic carbocycles. The molecule has 0 saturated heterocycles. The van der Waals surface area contributed by atoms with Gasteiger partial charge in [-0.1, -0.05) is 27.7 Å². The molecule has 20 heavy (non-hydrogen) atoms. The van der Waals surface area contributed by atoms with E-state index in [0.29, 0.717) is 11.4 Å². The molecule has 4 nitrogen and oxygen atoms in total. The van der Waals surface area contributed by atoms with Crippen LogP contribution in [0.3, 0.4) is 0 Å². The van der Waals surface area contributed by atoms with Crippen molar-refractivity contribution in [3.63, 3.8) is 0 Å². The molecule has 0 saturated carbocycles. The molecule has 0 amide bonds. The second-order valence-electron chi connectivity index (χ2n) is 6.24. The summed E-state index contributed by atoms with van der Waals surface area (Å²) >= 11 is 1.55. The third-order valence-corrected chi connectivity index (χ3v) is 5.97.